The van der Waals surface area contributed by atoms with Gasteiger partial charge in [-0.3, -0.25) is 19.3 Å². The topological polar surface area (TPSA) is 118 Å². The van der Waals surface area contributed by atoms with E-state index < -0.39 is 29.3 Å². The number of rotatable bonds is 8. The minimum absolute atomic E-state index is 0.159. The highest BCUT2D eigenvalue weighted by molar-refractivity contribution is 8.00. The van der Waals surface area contributed by atoms with Crippen molar-refractivity contribution in [2.24, 2.45) is 0 Å². The van der Waals surface area contributed by atoms with Crippen LogP contribution in [-0.2, 0) is 30.5 Å². The number of ether oxygens (including phenoxy) is 1. The molecule has 2 aliphatic heterocycles. The second kappa shape index (κ2) is 8.51. The first kappa shape index (κ1) is 20.0. The predicted molar refractivity (Wildman–Crippen MR) is 100.0 cm³/mol. The predicted octanol–water partition coefficient (Wildman–Crippen LogP) is 0.570. The summed E-state index contributed by atoms with van der Waals surface area (Å²) in [6.45, 7) is 1.77. The molecule has 1 fully saturated rings. The number of carbonyl (C=O) groups excluding carboxylic acids is 3. The smallest absolute Gasteiger partial charge is 0.352 e. The number of carboxylic acids is 1. The highest BCUT2D eigenvalue weighted by atomic mass is 32.2. The van der Waals surface area contributed by atoms with Gasteiger partial charge in [-0.1, -0.05) is 0 Å². The Morgan fingerprint density at radius 3 is 2.68 bits per heavy atom. The van der Waals surface area contributed by atoms with Crippen LogP contribution in [0.3, 0.4) is 0 Å². The van der Waals surface area contributed by atoms with Crippen LogP contribution in [0.1, 0.15) is 19.8 Å². The van der Waals surface area contributed by atoms with Crippen LogP contribution in [-0.4, -0.2) is 62.1 Å². The normalized spacial score (nSPS) is 21.0. The summed E-state index contributed by atoms with van der Waals surface area (Å²) in [7, 11) is 0. The van der Waals surface area contributed by atoms with Gasteiger partial charge in [-0.25, -0.2) is 4.79 Å². The van der Waals surface area contributed by atoms with E-state index in [-0.39, 0.29) is 24.6 Å². The van der Waals surface area contributed by atoms with E-state index in [0.717, 1.165) is 0 Å². The Morgan fingerprint density at radius 2 is 2.04 bits per heavy atom. The van der Waals surface area contributed by atoms with E-state index in [1.807, 2.05) is 29.1 Å². The zero-order valence-electron chi connectivity index (χ0n) is 15.3. The molecule has 0 aromatic carbocycles. The first-order valence-electron chi connectivity index (χ1n) is 8.82. The standard InChI is InChI=1S/C18H21N3O6S/c1-11(22)27-9-12-10-28-17-14(16(24)21(17)15(12)18(25)26)19-13(23)5-4-8-20-6-2-3-7-20/h2-3,6-7,14,17H,4-5,8-10H2,1H3,(H,19,23)(H,25,26). The van der Waals surface area contributed by atoms with Crippen LogP contribution < -0.4 is 5.32 Å². The average molecular weight is 407 g/mol. The number of hydrogen-bond donors (Lipinski definition) is 2. The number of esters is 1. The number of fused-ring (bicyclic) bond motifs is 1. The van der Waals surface area contributed by atoms with Crippen LogP contribution >= 0.6 is 11.8 Å². The van der Waals surface area contributed by atoms with Gasteiger partial charge in [-0.2, -0.15) is 0 Å². The van der Waals surface area contributed by atoms with E-state index >= 15 is 0 Å². The average Bonchev–Trinajstić information content (AvgIpc) is 3.16. The molecule has 0 bridgehead atoms. The van der Waals surface area contributed by atoms with Crippen molar-refractivity contribution in [3.63, 3.8) is 0 Å². The number of carboxylic acid groups (broad SMARTS) is 1. The molecule has 2 N–H and O–H groups in total. The SMILES string of the molecule is CC(=O)OCC1=C(C(=O)O)N2C(=O)C(NC(=O)CCCn3cccc3)C2SC1. The van der Waals surface area contributed by atoms with Gasteiger partial charge in [0.15, 0.2) is 0 Å². The van der Waals surface area contributed by atoms with Gasteiger partial charge in [-0.15, -0.1) is 11.8 Å². The van der Waals surface area contributed by atoms with E-state index in [1.165, 1.54) is 23.6 Å². The third kappa shape index (κ3) is 4.22. The van der Waals surface area contributed by atoms with Crippen LogP contribution in [0.15, 0.2) is 35.8 Å². The van der Waals surface area contributed by atoms with Gasteiger partial charge in [0, 0.05) is 43.6 Å². The summed E-state index contributed by atoms with van der Waals surface area (Å²) in [6, 6.07) is 3.07. The number of carbonyl (C=O) groups is 4. The van der Waals surface area contributed by atoms with Crippen molar-refractivity contribution in [3.05, 3.63) is 35.8 Å². The molecular weight excluding hydrogens is 386 g/mol. The van der Waals surface area contributed by atoms with Gasteiger partial charge in [0.05, 0.1) is 0 Å². The second-order valence-corrected chi connectivity index (χ2v) is 7.62. The number of aliphatic carboxylic acids is 1. The lowest BCUT2D eigenvalue weighted by Crippen LogP contribution is -2.70. The lowest BCUT2D eigenvalue weighted by molar-refractivity contribution is -0.151. The molecule has 2 aliphatic rings. The molecule has 1 aromatic rings. The van der Waals surface area contributed by atoms with Gasteiger partial charge in [0.25, 0.3) is 5.91 Å². The highest BCUT2D eigenvalue weighted by Crippen LogP contribution is 2.40. The molecule has 0 aliphatic carbocycles. The van der Waals surface area contributed by atoms with E-state index in [0.29, 0.717) is 24.3 Å². The van der Waals surface area contributed by atoms with Crippen LogP contribution in [0, 0.1) is 0 Å². The number of thioether (sulfide) groups is 1. The maximum absolute atomic E-state index is 12.5. The lowest BCUT2D eigenvalue weighted by Gasteiger charge is -2.49. The van der Waals surface area contributed by atoms with Crippen molar-refractivity contribution in [1.29, 1.82) is 0 Å². The van der Waals surface area contributed by atoms with Gasteiger partial charge in [-0.05, 0) is 18.6 Å². The molecule has 0 radical (unpaired) electrons. The zero-order valence-corrected chi connectivity index (χ0v) is 16.1. The molecule has 150 valence electrons. The van der Waals surface area contributed by atoms with Crippen LogP contribution in [0.4, 0.5) is 0 Å². The van der Waals surface area contributed by atoms with Gasteiger partial charge < -0.3 is 19.7 Å². The largest absolute Gasteiger partial charge is 0.477 e. The van der Waals surface area contributed by atoms with E-state index in [4.69, 9.17) is 4.74 Å². The number of β-lactam (4-membered cyclic amide) rings is 1. The van der Waals surface area contributed by atoms with Gasteiger partial charge in [0.1, 0.15) is 23.7 Å². The summed E-state index contributed by atoms with van der Waals surface area (Å²) in [5, 5.41) is 11.7. The van der Waals surface area contributed by atoms with E-state index in [1.54, 1.807) is 0 Å². The number of amides is 2. The first-order chi connectivity index (χ1) is 13.4. The summed E-state index contributed by atoms with van der Waals surface area (Å²) in [5.74, 6) is -2.17. The number of aryl methyl sites for hydroxylation is 1. The lowest BCUT2D eigenvalue weighted by atomic mass is 10.0. The van der Waals surface area contributed by atoms with E-state index in [2.05, 4.69) is 5.32 Å². The second-order valence-electron chi connectivity index (χ2n) is 6.52. The maximum Gasteiger partial charge on any atom is 0.352 e. The quantitative estimate of drug-likeness (QED) is 0.478. The fourth-order valence-electron chi connectivity index (χ4n) is 3.17. The zero-order chi connectivity index (χ0) is 20.3. The molecule has 2 atom stereocenters. The Kier molecular flexibility index (Phi) is 6.08. The third-order valence-corrected chi connectivity index (χ3v) is 5.84. The first-order valence-corrected chi connectivity index (χ1v) is 9.87. The molecule has 2 amide bonds. The summed E-state index contributed by atoms with van der Waals surface area (Å²) < 4.78 is 6.86. The molecule has 1 aromatic heterocycles. The minimum Gasteiger partial charge on any atom is -0.477 e. The summed E-state index contributed by atoms with van der Waals surface area (Å²) in [4.78, 5) is 48.4. The van der Waals surface area contributed by atoms with Crippen molar-refractivity contribution in [2.75, 3.05) is 12.4 Å². The highest BCUT2D eigenvalue weighted by Gasteiger charge is 2.54. The Labute approximate surface area is 165 Å². The molecular formula is C18H21N3O6S. The van der Waals surface area contributed by atoms with Crippen LogP contribution in [0.25, 0.3) is 0 Å². The summed E-state index contributed by atoms with van der Waals surface area (Å²) >= 11 is 1.34. The van der Waals surface area contributed by atoms with Crippen LogP contribution in [0.5, 0.6) is 0 Å². The van der Waals surface area contributed by atoms with Crippen LogP contribution in [0.2, 0.25) is 0 Å². The summed E-state index contributed by atoms with van der Waals surface area (Å²) in [5.41, 5.74) is 0.210. The monoisotopic (exact) mass is 407 g/mol. The van der Waals surface area contributed by atoms with Crippen molar-refractivity contribution >= 4 is 35.5 Å². The molecule has 28 heavy (non-hydrogen) atoms. The molecule has 0 spiro atoms. The number of aromatic nitrogens is 1. The molecule has 10 heteroatoms. The molecule has 0 saturated carbocycles. The number of nitrogens with one attached hydrogen (secondary N) is 1. The third-order valence-electron chi connectivity index (χ3n) is 4.50. The Morgan fingerprint density at radius 1 is 1.32 bits per heavy atom. The summed E-state index contributed by atoms with van der Waals surface area (Å²) in [6.07, 6.45) is 4.74. The van der Waals surface area contributed by atoms with Crippen molar-refractivity contribution in [1.82, 2.24) is 14.8 Å². The fourth-order valence-corrected chi connectivity index (χ4v) is 4.50. The maximum atomic E-state index is 12.5. The Balaban J connectivity index is 1.57. The fraction of sp³-hybridized carbons (Fsp3) is 0.444. The Bertz CT molecular complexity index is 819. The van der Waals surface area contributed by atoms with Crippen molar-refractivity contribution in [3.8, 4) is 0 Å². The molecule has 9 nitrogen and oxygen atoms in total. The van der Waals surface area contributed by atoms with Crippen molar-refractivity contribution < 1.29 is 29.0 Å². The number of nitrogens with zero attached hydrogens (tertiary/aromatic N) is 2. The minimum atomic E-state index is -1.25. The molecule has 2 unspecified atom stereocenters. The molecule has 1 saturated heterocycles. The number of hydrogen-bond acceptors (Lipinski definition) is 6. The molecule has 3 rings (SSSR count). The van der Waals surface area contributed by atoms with E-state index in [9.17, 15) is 24.3 Å². The molecule has 3 heterocycles. The van der Waals surface area contributed by atoms with Crippen molar-refractivity contribution in [2.45, 2.75) is 37.7 Å². The Hall–Kier alpha value is -2.75. The van der Waals surface area contributed by atoms with Gasteiger partial charge in [0.2, 0.25) is 5.91 Å². The van der Waals surface area contributed by atoms with Gasteiger partial charge >= 0.3 is 11.9 Å².